The molecule has 130 valence electrons. The molecule has 1 heterocycles. The third-order valence-electron chi connectivity index (χ3n) is 4.78. The van der Waals surface area contributed by atoms with E-state index in [-0.39, 0.29) is 17.3 Å². The molecule has 0 spiro atoms. The molecule has 1 aromatic heterocycles. The number of aromatic nitrogens is 2. The third-order valence-corrected chi connectivity index (χ3v) is 4.78. The highest BCUT2D eigenvalue weighted by Gasteiger charge is 2.22. The largest absolute Gasteiger partial charge is 0.474 e. The minimum Gasteiger partial charge on any atom is -0.474 e. The summed E-state index contributed by atoms with van der Waals surface area (Å²) >= 11 is 0. The Morgan fingerprint density at radius 3 is 2.46 bits per heavy atom. The van der Waals surface area contributed by atoms with Crippen molar-refractivity contribution >= 4 is 10.9 Å². The molecule has 0 saturated heterocycles. The maximum Gasteiger partial charge on any atom is 0.225 e. The van der Waals surface area contributed by atoms with Crippen molar-refractivity contribution in [3.8, 4) is 5.88 Å². The Kier molecular flexibility index (Phi) is 4.75. The lowest BCUT2D eigenvalue weighted by Gasteiger charge is -2.24. The lowest BCUT2D eigenvalue weighted by atomic mass is 9.86. The SMILES string of the molecule is CCc1nc(OC2CCCCC2)c2cc(C(C)(C)C)cc(F)c2n1. The van der Waals surface area contributed by atoms with E-state index in [9.17, 15) is 4.39 Å². The molecule has 0 atom stereocenters. The van der Waals surface area contributed by atoms with Gasteiger partial charge in [-0.3, -0.25) is 0 Å². The van der Waals surface area contributed by atoms with Crippen LogP contribution in [0.1, 0.15) is 71.2 Å². The highest BCUT2D eigenvalue weighted by molar-refractivity contribution is 5.85. The van der Waals surface area contributed by atoms with Gasteiger partial charge in [0.25, 0.3) is 0 Å². The molecular formula is C20H27FN2O. The van der Waals surface area contributed by atoms with Crippen molar-refractivity contribution in [1.82, 2.24) is 9.97 Å². The summed E-state index contributed by atoms with van der Waals surface area (Å²) in [5, 5.41) is 0.697. The summed E-state index contributed by atoms with van der Waals surface area (Å²) in [6.45, 7) is 8.22. The van der Waals surface area contributed by atoms with Gasteiger partial charge in [0.2, 0.25) is 5.88 Å². The molecule has 1 aliphatic carbocycles. The first-order valence-corrected chi connectivity index (χ1v) is 9.06. The van der Waals surface area contributed by atoms with E-state index in [0.717, 1.165) is 18.4 Å². The predicted octanol–water partition coefficient (Wildman–Crippen LogP) is 5.34. The number of aryl methyl sites for hydroxylation is 1. The molecule has 4 heteroatoms. The number of ether oxygens (including phenoxy) is 1. The molecule has 0 N–H and O–H groups in total. The van der Waals surface area contributed by atoms with Crippen molar-refractivity contribution < 1.29 is 9.13 Å². The summed E-state index contributed by atoms with van der Waals surface area (Å²) in [6.07, 6.45) is 6.60. The molecule has 0 unspecified atom stereocenters. The van der Waals surface area contributed by atoms with Gasteiger partial charge < -0.3 is 4.74 Å². The van der Waals surface area contributed by atoms with Crippen LogP contribution in [0, 0.1) is 5.82 Å². The standard InChI is InChI=1S/C20H27FN2O/c1-5-17-22-18-15(11-13(12-16(18)21)20(2,3)4)19(23-17)24-14-9-7-6-8-10-14/h11-12,14H,5-10H2,1-4H3. The Morgan fingerprint density at radius 2 is 1.83 bits per heavy atom. The van der Waals surface area contributed by atoms with Crippen LogP contribution in [0.3, 0.4) is 0 Å². The lowest BCUT2D eigenvalue weighted by molar-refractivity contribution is 0.150. The first kappa shape index (κ1) is 17.1. The number of hydrogen-bond donors (Lipinski definition) is 0. The van der Waals surface area contributed by atoms with Gasteiger partial charge in [-0.15, -0.1) is 0 Å². The first-order chi connectivity index (χ1) is 11.4. The number of benzene rings is 1. The fraction of sp³-hybridized carbons (Fsp3) is 0.600. The minimum absolute atomic E-state index is 0.138. The van der Waals surface area contributed by atoms with Gasteiger partial charge >= 0.3 is 0 Å². The minimum atomic E-state index is -0.289. The summed E-state index contributed by atoms with van der Waals surface area (Å²) in [5.74, 6) is 0.896. The molecule has 0 amide bonds. The maximum atomic E-state index is 14.7. The number of hydrogen-bond acceptors (Lipinski definition) is 3. The number of nitrogens with zero attached hydrogens (tertiary/aromatic N) is 2. The van der Waals surface area contributed by atoms with Crippen molar-refractivity contribution in [2.24, 2.45) is 0 Å². The lowest BCUT2D eigenvalue weighted by Crippen LogP contribution is -2.21. The monoisotopic (exact) mass is 330 g/mol. The summed E-state index contributed by atoms with van der Waals surface area (Å²) in [5.41, 5.74) is 1.18. The maximum absolute atomic E-state index is 14.7. The normalized spacial score (nSPS) is 16.5. The molecule has 1 fully saturated rings. The Bertz CT molecular complexity index is 730. The molecule has 0 radical (unpaired) electrons. The van der Waals surface area contributed by atoms with E-state index >= 15 is 0 Å². The van der Waals surface area contributed by atoms with Crippen LogP contribution in [0.25, 0.3) is 10.9 Å². The Hall–Kier alpha value is -1.71. The van der Waals surface area contributed by atoms with Crippen molar-refractivity contribution in [3.05, 3.63) is 29.3 Å². The molecule has 0 aliphatic heterocycles. The van der Waals surface area contributed by atoms with Crippen LogP contribution in [-0.4, -0.2) is 16.1 Å². The number of halogens is 1. The highest BCUT2D eigenvalue weighted by atomic mass is 19.1. The van der Waals surface area contributed by atoms with Gasteiger partial charge in [-0.05, 0) is 48.8 Å². The molecule has 1 saturated carbocycles. The molecule has 24 heavy (non-hydrogen) atoms. The Balaban J connectivity index is 2.11. The zero-order chi connectivity index (χ0) is 17.3. The van der Waals surface area contributed by atoms with Crippen molar-refractivity contribution in [2.45, 2.75) is 77.7 Å². The van der Waals surface area contributed by atoms with Crippen LogP contribution in [0.2, 0.25) is 0 Å². The summed E-state index contributed by atoms with van der Waals surface area (Å²) in [6, 6.07) is 3.59. The fourth-order valence-electron chi connectivity index (χ4n) is 3.23. The summed E-state index contributed by atoms with van der Waals surface area (Å²) < 4.78 is 20.9. The second-order valence-corrected chi connectivity index (χ2v) is 7.78. The van der Waals surface area contributed by atoms with Crippen molar-refractivity contribution in [1.29, 1.82) is 0 Å². The van der Waals surface area contributed by atoms with Crippen LogP contribution in [0.4, 0.5) is 4.39 Å². The van der Waals surface area contributed by atoms with E-state index in [0.29, 0.717) is 29.0 Å². The fourth-order valence-corrected chi connectivity index (χ4v) is 3.23. The zero-order valence-electron chi connectivity index (χ0n) is 15.2. The smallest absolute Gasteiger partial charge is 0.225 e. The topological polar surface area (TPSA) is 35.0 Å². The van der Waals surface area contributed by atoms with Gasteiger partial charge in [0.1, 0.15) is 23.3 Å². The molecular weight excluding hydrogens is 303 g/mol. The van der Waals surface area contributed by atoms with Gasteiger partial charge in [-0.2, -0.15) is 4.98 Å². The molecule has 2 aromatic rings. The number of rotatable bonds is 3. The molecule has 3 rings (SSSR count). The summed E-state index contributed by atoms with van der Waals surface area (Å²) in [7, 11) is 0. The average Bonchev–Trinajstić information content (AvgIpc) is 2.55. The van der Waals surface area contributed by atoms with Crippen LogP contribution in [0.5, 0.6) is 5.88 Å². The van der Waals surface area contributed by atoms with Crippen LogP contribution < -0.4 is 4.74 Å². The highest BCUT2D eigenvalue weighted by Crippen LogP contribution is 2.33. The van der Waals surface area contributed by atoms with Gasteiger partial charge in [-0.1, -0.05) is 34.1 Å². The zero-order valence-corrected chi connectivity index (χ0v) is 15.2. The second kappa shape index (κ2) is 6.66. The number of fused-ring (bicyclic) bond motifs is 1. The molecule has 1 aromatic carbocycles. The quantitative estimate of drug-likeness (QED) is 0.762. The van der Waals surface area contributed by atoms with E-state index in [2.05, 4.69) is 30.7 Å². The average molecular weight is 330 g/mol. The summed E-state index contributed by atoms with van der Waals surface area (Å²) in [4.78, 5) is 8.98. The predicted molar refractivity (Wildman–Crippen MR) is 95.1 cm³/mol. The van der Waals surface area contributed by atoms with E-state index < -0.39 is 0 Å². The van der Waals surface area contributed by atoms with E-state index in [1.54, 1.807) is 6.07 Å². The van der Waals surface area contributed by atoms with E-state index in [4.69, 9.17) is 4.74 Å². The van der Waals surface area contributed by atoms with Gasteiger partial charge in [0.05, 0.1) is 5.39 Å². The molecule has 1 aliphatic rings. The van der Waals surface area contributed by atoms with Gasteiger partial charge in [0.15, 0.2) is 0 Å². The van der Waals surface area contributed by atoms with Crippen molar-refractivity contribution in [3.63, 3.8) is 0 Å². The molecule has 3 nitrogen and oxygen atoms in total. The first-order valence-electron chi connectivity index (χ1n) is 9.06. The second-order valence-electron chi connectivity index (χ2n) is 7.78. The van der Waals surface area contributed by atoms with E-state index in [1.165, 1.54) is 19.3 Å². The molecule has 0 bridgehead atoms. The van der Waals surface area contributed by atoms with Crippen LogP contribution in [0.15, 0.2) is 12.1 Å². The Morgan fingerprint density at radius 1 is 1.12 bits per heavy atom. The van der Waals surface area contributed by atoms with E-state index in [1.807, 2.05) is 13.0 Å². The van der Waals surface area contributed by atoms with Crippen LogP contribution in [-0.2, 0) is 11.8 Å². The van der Waals surface area contributed by atoms with Gasteiger partial charge in [-0.25, -0.2) is 9.37 Å². The third kappa shape index (κ3) is 3.52. The van der Waals surface area contributed by atoms with Crippen LogP contribution >= 0.6 is 0 Å². The Labute approximate surface area is 143 Å². The van der Waals surface area contributed by atoms with Gasteiger partial charge in [0, 0.05) is 6.42 Å². The van der Waals surface area contributed by atoms with Crippen molar-refractivity contribution in [2.75, 3.05) is 0 Å².